The van der Waals surface area contributed by atoms with E-state index in [4.69, 9.17) is 4.84 Å². The van der Waals surface area contributed by atoms with E-state index >= 15 is 0 Å². The molecule has 1 N–H and O–H groups in total. The minimum Gasteiger partial charge on any atom is -0.386 e. The van der Waals surface area contributed by atoms with Gasteiger partial charge in [-0.1, -0.05) is 5.16 Å². The molecule has 26 heavy (non-hydrogen) atoms. The summed E-state index contributed by atoms with van der Waals surface area (Å²) in [5.74, 6) is 0.585. The monoisotopic (exact) mass is 356 g/mol. The van der Waals surface area contributed by atoms with Crippen LogP contribution in [0.5, 0.6) is 0 Å². The van der Waals surface area contributed by atoms with Gasteiger partial charge in [0.25, 0.3) is 5.91 Å². The number of rotatable bonds is 5. The fourth-order valence-corrected chi connectivity index (χ4v) is 3.66. The van der Waals surface area contributed by atoms with Crippen molar-refractivity contribution in [2.75, 3.05) is 13.1 Å². The number of amides is 2. The third kappa shape index (κ3) is 3.86. The van der Waals surface area contributed by atoms with Crippen molar-refractivity contribution in [3.8, 4) is 0 Å². The van der Waals surface area contributed by atoms with E-state index < -0.39 is 5.60 Å². The van der Waals surface area contributed by atoms with Gasteiger partial charge in [-0.2, -0.15) is 0 Å². The summed E-state index contributed by atoms with van der Waals surface area (Å²) in [7, 11) is 0. The number of hydrogen-bond acceptors (Lipinski definition) is 5. The molecular weight excluding hydrogens is 332 g/mol. The quantitative estimate of drug-likeness (QED) is 0.869. The topological polar surface area (TPSA) is 83.9 Å². The summed E-state index contributed by atoms with van der Waals surface area (Å²) in [6, 6.07) is 3.72. The molecule has 138 valence electrons. The molecule has 7 nitrogen and oxygen atoms in total. The molecule has 1 aromatic heterocycles. The lowest BCUT2D eigenvalue weighted by molar-refractivity contribution is -0.141. The van der Waals surface area contributed by atoms with Crippen molar-refractivity contribution in [1.82, 2.24) is 15.2 Å². The number of piperidine rings is 1. The number of oxime groups is 1. The third-order valence-corrected chi connectivity index (χ3v) is 5.36. The van der Waals surface area contributed by atoms with Crippen molar-refractivity contribution in [2.45, 2.75) is 50.7 Å². The summed E-state index contributed by atoms with van der Waals surface area (Å²) >= 11 is 0. The Morgan fingerprint density at radius 2 is 2.12 bits per heavy atom. The molecule has 1 aliphatic carbocycles. The number of likely N-dealkylation sites (tertiary alicyclic amines) is 1. The zero-order valence-corrected chi connectivity index (χ0v) is 14.8. The van der Waals surface area contributed by atoms with Crippen LogP contribution < -0.4 is 5.32 Å². The average Bonchev–Trinajstić information content (AvgIpc) is 3.39. The Labute approximate surface area is 152 Å². The van der Waals surface area contributed by atoms with Crippen molar-refractivity contribution in [3.05, 3.63) is 30.1 Å². The van der Waals surface area contributed by atoms with Crippen molar-refractivity contribution in [1.29, 1.82) is 0 Å². The molecule has 3 aliphatic rings. The molecule has 7 heteroatoms. The molecule has 1 aromatic rings. The Balaban J connectivity index is 1.31. The normalized spacial score (nSPS) is 24.9. The van der Waals surface area contributed by atoms with Crippen LogP contribution in [-0.2, 0) is 21.0 Å². The molecule has 2 amide bonds. The standard InChI is InChI=1S/C19H24N4O3/c24-17(10-14-2-3-14)23-9-1-6-19(13-23)11-16(22-26-19)18(25)21-12-15-4-7-20-8-5-15/h4-5,7-8,14H,1-3,6,9-13H2,(H,21,25)/t19-/m0/s1. The number of nitrogens with zero attached hydrogens (tertiary/aromatic N) is 3. The lowest BCUT2D eigenvalue weighted by Gasteiger charge is -2.38. The van der Waals surface area contributed by atoms with Gasteiger partial charge >= 0.3 is 0 Å². The second-order valence-electron chi connectivity index (χ2n) is 7.59. The summed E-state index contributed by atoms with van der Waals surface area (Å²) in [6.07, 6.45) is 8.56. The molecule has 1 saturated carbocycles. The van der Waals surface area contributed by atoms with Crippen molar-refractivity contribution in [3.63, 3.8) is 0 Å². The lowest BCUT2D eigenvalue weighted by Crippen LogP contribution is -2.51. The van der Waals surface area contributed by atoms with Crippen molar-refractivity contribution >= 4 is 17.5 Å². The first-order chi connectivity index (χ1) is 12.6. The molecule has 2 fully saturated rings. The van der Waals surface area contributed by atoms with Gasteiger partial charge in [-0.3, -0.25) is 14.6 Å². The maximum Gasteiger partial charge on any atom is 0.269 e. The smallest absolute Gasteiger partial charge is 0.269 e. The van der Waals surface area contributed by atoms with Gasteiger partial charge in [0.15, 0.2) is 5.60 Å². The van der Waals surface area contributed by atoms with E-state index in [1.807, 2.05) is 17.0 Å². The predicted octanol–water partition coefficient (Wildman–Crippen LogP) is 1.64. The Hall–Kier alpha value is -2.44. The molecule has 0 radical (unpaired) electrons. The summed E-state index contributed by atoms with van der Waals surface area (Å²) in [5, 5.41) is 6.92. The van der Waals surface area contributed by atoms with Gasteiger partial charge in [-0.05, 0) is 49.3 Å². The second kappa shape index (κ2) is 7.05. The number of pyridine rings is 1. The van der Waals surface area contributed by atoms with Gasteiger partial charge in [0.05, 0.1) is 6.54 Å². The van der Waals surface area contributed by atoms with Crippen molar-refractivity contribution < 1.29 is 14.4 Å². The summed E-state index contributed by atoms with van der Waals surface area (Å²) in [4.78, 5) is 36.4. The fourth-order valence-electron chi connectivity index (χ4n) is 3.66. The number of hydrogen-bond donors (Lipinski definition) is 1. The van der Waals surface area contributed by atoms with Crippen molar-refractivity contribution in [2.24, 2.45) is 11.1 Å². The Bertz CT molecular complexity index is 717. The SMILES string of the molecule is O=C(NCc1ccncc1)C1=NO[C@@]2(CCCN(C(=O)CC3CC3)C2)C1. The van der Waals surface area contributed by atoms with Crippen LogP contribution in [0.25, 0.3) is 0 Å². The first-order valence-electron chi connectivity index (χ1n) is 9.33. The Morgan fingerprint density at radius 3 is 2.88 bits per heavy atom. The Morgan fingerprint density at radius 1 is 1.31 bits per heavy atom. The molecule has 0 unspecified atom stereocenters. The number of carbonyl (C=O) groups is 2. The molecule has 1 spiro atoms. The van der Waals surface area contributed by atoms with Crippen LogP contribution in [0.3, 0.4) is 0 Å². The van der Waals surface area contributed by atoms with E-state index in [9.17, 15) is 9.59 Å². The molecule has 0 aromatic carbocycles. The minimum absolute atomic E-state index is 0.208. The summed E-state index contributed by atoms with van der Waals surface area (Å²) in [5.41, 5.74) is 0.869. The van der Waals surface area contributed by atoms with Gasteiger partial charge in [-0.25, -0.2) is 0 Å². The predicted molar refractivity (Wildman–Crippen MR) is 95.1 cm³/mol. The molecule has 1 saturated heterocycles. The molecule has 3 heterocycles. The van der Waals surface area contributed by atoms with Crippen LogP contribution in [0.4, 0.5) is 0 Å². The van der Waals surface area contributed by atoms with Gasteiger partial charge in [0, 0.05) is 38.3 Å². The van der Waals surface area contributed by atoms with E-state index in [0.29, 0.717) is 37.6 Å². The zero-order valence-electron chi connectivity index (χ0n) is 14.8. The van der Waals surface area contributed by atoms with Gasteiger partial charge in [0.1, 0.15) is 5.71 Å². The highest BCUT2D eigenvalue weighted by atomic mass is 16.7. The van der Waals surface area contributed by atoms with Crippen LogP contribution in [0.1, 0.15) is 44.1 Å². The fraction of sp³-hybridized carbons (Fsp3) is 0.579. The van der Waals surface area contributed by atoms with E-state index in [1.165, 1.54) is 12.8 Å². The number of aromatic nitrogens is 1. The summed E-state index contributed by atoms with van der Waals surface area (Å²) < 4.78 is 0. The van der Waals surface area contributed by atoms with Gasteiger partial charge in [0.2, 0.25) is 5.91 Å². The zero-order chi connectivity index (χ0) is 18.0. The molecule has 1 atom stereocenters. The van der Waals surface area contributed by atoms with Crippen LogP contribution >= 0.6 is 0 Å². The number of carbonyl (C=O) groups excluding carboxylic acids is 2. The first-order valence-corrected chi connectivity index (χ1v) is 9.33. The maximum atomic E-state index is 12.4. The van der Waals surface area contributed by atoms with Gasteiger partial charge in [-0.15, -0.1) is 0 Å². The van der Waals surface area contributed by atoms with E-state index in [2.05, 4.69) is 15.5 Å². The van der Waals surface area contributed by atoms with Crippen LogP contribution in [0, 0.1) is 5.92 Å². The molecule has 2 aliphatic heterocycles. The van der Waals surface area contributed by atoms with Gasteiger partial charge < -0.3 is 15.1 Å². The highest BCUT2D eigenvalue weighted by molar-refractivity contribution is 6.39. The largest absolute Gasteiger partial charge is 0.386 e. The maximum absolute atomic E-state index is 12.4. The van der Waals surface area contributed by atoms with E-state index in [1.54, 1.807) is 12.4 Å². The minimum atomic E-state index is -0.527. The third-order valence-electron chi connectivity index (χ3n) is 5.36. The van der Waals surface area contributed by atoms with Crippen LogP contribution in [0.15, 0.2) is 29.7 Å². The molecular formula is C19H24N4O3. The summed E-state index contributed by atoms with van der Waals surface area (Å²) in [6.45, 7) is 1.74. The number of nitrogens with one attached hydrogen (secondary N) is 1. The molecule has 4 rings (SSSR count). The molecule has 0 bridgehead atoms. The highest BCUT2D eigenvalue weighted by Crippen LogP contribution is 2.36. The van der Waals surface area contributed by atoms with Crippen LogP contribution in [0.2, 0.25) is 0 Å². The average molecular weight is 356 g/mol. The lowest BCUT2D eigenvalue weighted by atomic mass is 9.87. The second-order valence-corrected chi connectivity index (χ2v) is 7.59. The highest BCUT2D eigenvalue weighted by Gasteiger charge is 2.45. The van der Waals surface area contributed by atoms with Crippen LogP contribution in [-0.4, -0.2) is 46.1 Å². The first kappa shape index (κ1) is 17.0. The van der Waals surface area contributed by atoms with E-state index in [-0.39, 0.29) is 11.8 Å². The van der Waals surface area contributed by atoms with E-state index in [0.717, 1.165) is 24.9 Å². The Kier molecular flexibility index (Phi) is 4.61.